The van der Waals surface area contributed by atoms with Gasteiger partial charge in [0.2, 0.25) is 0 Å². The van der Waals surface area contributed by atoms with E-state index in [0.717, 1.165) is 16.2 Å². The van der Waals surface area contributed by atoms with Gasteiger partial charge in [-0.2, -0.15) is 0 Å². The van der Waals surface area contributed by atoms with Gasteiger partial charge in [0.1, 0.15) is 11.2 Å². The Hall–Kier alpha value is -2.52. The van der Waals surface area contributed by atoms with Crippen LogP contribution in [0.3, 0.4) is 0 Å². The van der Waals surface area contributed by atoms with Gasteiger partial charge in [0.15, 0.2) is 5.78 Å². The summed E-state index contributed by atoms with van der Waals surface area (Å²) in [6, 6.07) is 29.3. The number of benzene rings is 3. The van der Waals surface area contributed by atoms with Gasteiger partial charge in [0, 0.05) is 23.3 Å². The van der Waals surface area contributed by atoms with Crippen LogP contribution in [0, 0.1) is 0 Å². The zero-order chi connectivity index (χ0) is 17.3. The number of carbonyl (C=O) groups is 1. The van der Waals surface area contributed by atoms with E-state index in [1.807, 2.05) is 78.9 Å². The minimum atomic E-state index is -0.113. The molecule has 0 amide bonds. The number of hydrogen-bond donors (Lipinski definition) is 0. The molecule has 1 unspecified atom stereocenters. The lowest BCUT2D eigenvalue weighted by atomic mass is 10.1. The predicted molar refractivity (Wildman–Crippen MR) is 103 cm³/mol. The molecule has 0 saturated heterocycles. The first kappa shape index (κ1) is 17.3. The van der Waals surface area contributed by atoms with Crippen molar-refractivity contribution in [2.24, 2.45) is 0 Å². The Morgan fingerprint density at radius 1 is 0.800 bits per heavy atom. The van der Waals surface area contributed by atoms with Crippen LogP contribution in [0.1, 0.15) is 23.2 Å². The van der Waals surface area contributed by atoms with E-state index in [4.69, 9.17) is 4.74 Å². The lowest BCUT2D eigenvalue weighted by molar-refractivity contribution is 0.0970. The summed E-state index contributed by atoms with van der Waals surface area (Å²) >= 11 is 1.65. The second-order valence-electron chi connectivity index (χ2n) is 5.62. The highest BCUT2D eigenvalue weighted by Gasteiger charge is 2.15. The zero-order valence-electron chi connectivity index (χ0n) is 13.9. The summed E-state index contributed by atoms with van der Waals surface area (Å²) < 4.78 is 6.12. The van der Waals surface area contributed by atoms with Crippen molar-refractivity contribution in [1.29, 1.82) is 0 Å². The number of hydrogen-bond acceptors (Lipinski definition) is 3. The van der Waals surface area contributed by atoms with Crippen LogP contribution in [0.4, 0.5) is 0 Å². The molecule has 126 valence electrons. The van der Waals surface area contributed by atoms with Gasteiger partial charge in [-0.15, -0.1) is 0 Å². The molecule has 0 radical (unpaired) electrons. The summed E-state index contributed by atoms with van der Waals surface area (Å²) in [7, 11) is 0. The molecule has 25 heavy (non-hydrogen) atoms. The average molecular weight is 348 g/mol. The zero-order valence-corrected chi connectivity index (χ0v) is 14.7. The fourth-order valence-electron chi connectivity index (χ4n) is 2.46. The molecular weight excluding hydrogens is 328 g/mol. The van der Waals surface area contributed by atoms with Gasteiger partial charge in [-0.3, -0.25) is 4.79 Å². The number of para-hydroxylation sites is 1. The van der Waals surface area contributed by atoms with Crippen LogP contribution >= 0.6 is 11.8 Å². The molecule has 0 saturated carbocycles. The van der Waals surface area contributed by atoms with Gasteiger partial charge in [-0.1, -0.05) is 78.5 Å². The Morgan fingerprint density at radius 2 is 1.36 bits per heavy atom. The fourth-order valence-corrected chi connectivity index (χ4v) is 3.47. The number of Topliss-reactive ketones (excluding diaryl/α,β-unsaturated/α-hetero) is 1. The van der Waals surface area contributed by atoms with E-state index in [9.17, 15) is 4.79 Å². The Morgan fingerprint density at radius 3 is 2.00 bits per heavy atom. The van der Waals surface area contributed by atoms with E-state index < -0.39 is 0 Å². The van der Waals surface area contributed by atoms with Crippen molar-refractivity contribution in [2.75, 3.05) is 0 Å². The van der Waals surface area contributed by atoms with E-state index in [0.29, 0.717) is 12.8 Å². The number of thioether (sulfide) groups is 1. The van der Waals surface area contributed by atoms with Crippen molar-refractivity contribution in [3.63, 3.8) is 0 Å². The van der Waals surface area contributed by atoms with Gasteiger partial charge < -0.3 is 4.74 Å². The first-order valence-electron chi connectivity index (χ1n) is 8.33. The van der Waals surface area contributed by atoms with Crippen LogP contribution in [-0.4, -0.2) is 11.2 Å². The van der Waals surface area contributed by atoms with Crippen LogP contribution in [0.2, 0.25) is 0 Å². The Balaban J connectivity index is 1.66. The number of rotatable bonds is 8. The summed E-state index contributed by atoms with van der Waals surface area (Å²) in [6.45, 7) is 0. The van der Waals surface area contributed by atoms with Crippen molar-refractivity contribution in [3.05, 3.63) is 96.6 Å². The molecular formula is C22H20O2S. The van der Waals surface area contributed by atoms with E-state index >= 15 is 0 Å². The normalized spacial score (nSPS) is 11.7. The molecule has 0 aliphatic heterocycles. The van der Waals surface area contributed by atoms with Gasteiger partial charge in [0.05, 0.1) is 0 Å². The van der Waals surface area contributed by atoms with Crippen LogP contribution in [0.5, 0.6) is 5.75 Å². The molecule has 3 aromatic carbocycles. The Labute approximate surface area is 152 Å². The van der Waals surface area contributed by atoms with E-state index in [1.54, 1.807) is 11.8 Å². The molecule has 0 heterocycles. The van der Waals surface area contributed by atoms with Crippen molar-refractivity contribution in [1.82, 2.24) is 0 Å². The third kappa shape index (κ3) is 5.50. The smallest absolute Gasteiger partial charge is 0.163 e. The van der Waals surface area contributed by atoms with E-state index in [-0.39, 0.29) is 11.2 Å². The second-order valence-corrected chi connectivity index (χ2v) is 6.85. The quantitative estimate of drug-likeness (QED) is 0.290. The predicted octanol–water partition coefficient (Wildman–Crippen LogP) is 5.85. The molecule has 0 aromatic heterocycles. The molecule has 3 aromatic rings. The standard InChI is InChI=1S/C22H20O2S/c23-21(18-10-4-1-5-11-18)16-17-22(24-19-12-6-2-7-13-19)25-20-14-8-3-9-15-20/h1-15,22H,16-17H2. The minimum Gasteiger partial charge on any atom is -0.479 e. The molecule has 3 heteroatoms. The largest absolute Gasteiger partial charge is 0.479 e. The molecule has 0 aliphatic carbocycles. The number of ether oxygens (including phenoxy) is 1. The van der Waals surface area contributed by atoms with E-state index in [2.05, 4.69) is 12.1 Å². The minimum absolute atomic E-state index is 0.113. The summed E-state index contributed by atoms with van der Waals surface area (Å²) in [5, 5.41) is 0. The maximum Gasteiger partial charge on any atom is 0.163 e. The molecule has 1 atom stereocenters. The Kier molecular flexibility index (Phi) is 6.29. The molecule has 0 N–H and O–H groups in total. The van der Waals surface area contributed by atoms with Crippen LogP contribution < -0.4 is 4.74 Å². The van der Waals surface area contributed by atoms with Crippen molar-refractivity contribution in [2.45, 2.75) is 23.2 Å². The highest BCUT2D eigenvalue weighted by Crippen LogP contribution is 2.29. The summed E-state index contributed by atoms with van der Waals surface area (Å²) in [6.07, 6.45) is 1.11. The monoisotopic (exact) mass is 348 g/mol. The van der Waals surface area contributed by atoms with Crippen molar-refractivity contribution < 1.29 is 9.53 Å². The summed E-state index contributed by atoms with van der Waals surface area (Å²) in [5.74, 6) is 0.971. The number of carbonyl (C=O) groups excluding carboxylic acids is 1. The lowest BCUT2D eigenvalue weighted by Gasteiger charge is -2.18. The third-order valence-corrected chi connectivity index (χ3v) is 4.86. The van der Waals surface area contributed by atoms with Gasteiger partial charge in [0.25, 0.3) is 0 Å². The first-order valence-corrected chi connectivity index (χ1v) is 9.21. The summed E-state index contributed by atoms with van der Waals surface area (Å²) in [4.78, 5) is 13.5. The van der Waals surface area contributed by atoms with Gasteiger partial charge >= 0.3 is 0 Å². The van der Waals surface area contributed by atoms with Crippen molar-refractivity contribution >= 4 is 17.5 Å². The number of ketones is 1. The van der Waals surface area contributed by atoms with E-state index in [1.165, 1.54) is 0 Å². The van der Waals surface area contributed by atoms with Gasteiger partial charge in [-0.25, -0.2) is 0 Å². The van der Waals surface area contributed by atoms with Crippen LogP contribution in [-0.2, 0) is 0 Å². The van der Waals surface area contributed by atoms with Crippen molar-refractivity contribution in [3.8, 4) is 5.75 Å². The lowest BCUT2D eigenvalue weighted by Crippen LogP contribution is -2.14. The highest BCUT2D eigenvalue weighted by atomic mass is 32.2. The van der Waals surface area contributed by atoms with Crippen LogP contribution in [0.15, 0.2) is 95.9 Å². The Bertz CT molecular complexity index is 731. The third-order valence-electron chi connectivity index (χ3n) is 3.72. The maximum atomic E-state index is 12.4. The topological polar surface area (TPSA) is 26.3 Å². The molecule has 0 bridgehead atoms. The summed E-state index contributed by atoms with van der Waals surface area (Å²) in [5.41, 5.74) is 0.642. The first-order chi connectivity index (χ1) is 12.3. The molecule has 3 rings (SSSR count). The van der Waals surface area contributed by atoms with Crippen LogP contribution in [0.25, 0.3) is 0 Å². The van der Waals surface area contributed by atoms with Gasteiger partial charge in [-0.05, 0) is 24.3 Å². The fraction of sp³-hybridized carbons (Fsp3) is 0.136. The molecule has 0 spiro atoms. The molecule has 0 aliphatic rings. The average Bonchev–Trinajstić information content (AvgIpc) is 2.68. The second kappa shape index (κ2) is 9.09. The molecule has 0 fully saturated rings. The SMILES string of the molecule is O=C(CCC(Oc1ccccc1)Sc1ccccc1)c1ccccc1. The molecule has 2 nitrogen and oxygen atoms in total. The highest BCUT2D eigenvalue weighted by molar-refractivity contribution is 7.99. The maximum absolute atomic E-state index is 12.4.